The van der Waals surface area contributed by atoms with E-state index in [0.717, 1.165) is 0 Å². The highest BCUT2D eigenvalue weighted by atomic mass is 16.7. The normalized spacial score (nSPS) is 19.6. The van der Waals surface area contributed by atoms with Gasteiger partial charge in [0, 0.05) is 0 Å². The first kappa shape index (κ1) is 10.3. The topological polar surface area (TPSA) is 89.2 Å². The monoisotopic (exact) mass is 195 g/mol. The lowest BCUT2D eigenvalue weighted by atomic mass is 10.2. The third kappa shape index (κ3) is 1.95. The maximum atomic E-state index is 5.61. The molecule has 0 aromatic rings. The Morgan fingerprint density at radius 1 is 1.57 bits per heavy atom. The Morgan fingerprint density at radius 2 is 2.21 bits per heavy atom. The van der Waals surface area contributed by atoms with E-state index in [-0.39, 0.29) is 18.5 Å². The van der Waals surface area contributed by atoms with Crippen LogP contribution in [0.15, 0.2) is 9.98 Å². The average Bonchev–Trinajstić information content (AvgIpc) is 2.00. The van der Waals surface area contributed by atoms with Crippen molar-refractivity contribution in [1.29, 1.82) is 0 Å². The van der Waals surface area contributed by atoms with Crippen molar-refractivity contribution in [3.8, 4) is 12.3 Å². The van der Waals surface area contributed by atoms with Crippen molar-refractivity contribution in [1.82, 2.24) is 5.06 Å². The lowest BCUT2D eigenvalue weighted by Crippen LogP contribution is -2.53. The second-order valence-electron chi connectivity index (χ2n) is 3.21. The first-order chi connectivity index (χ1) is 6.47. The fraction of sp³-hybridized carbons (Fsp3) is 0.500. The molecule has 0 aromatic heterocycles. The van der Waals surface area contributed by atoms with Gasteiger partial charge in [0.05, 0.1) is 0 Å². The Hall–Kier alpha value is -1.74. The van der Waals surface area contributed by atoms with Crippen molar-refractivity contribution < 1.29 is 4.84 Å². The summed E-state index contributed by atoms with van der Waals surface area (Å²) in [5, 5.41) is 1.34. The highest BCUT2D eigenvalue weighted by Crippen LogP contribution is 2.19. The van der Waals surface area contributed by atoms with Crippen molar-refractivity contribution in [2.75, 3.05) is 6.61 Å². The number of guanidine groups is 2. The average molecular weight is 195 g/mol. The van der Waals surface area contributed by atoms with Gasteiger partial charge in [-0.15, -0.1) is 6.42 Å². The van der Waals surface area contributed by atoms with Gasteiger partial charge in [-0.2, -0.15) is 10.1 Å². The molecule has 0 amide bonds. The molecule has 0 saturated carbocycles. The second kappa shape index (κ2) is 3.55. The fourth-order valence-electron chi connectivity index (χ4n) is 1.12. The van der Waals surface area contributed by atoms with Crippen LogP contribution in [0.2, 0.25) is 0 Å². The minimum atomic E-state index is -0.688. The zero-order chi connectivity index (χ0) is 10.8. The van der Waals surface area contributed by atoms with E-state index in [4.69, 9.17) is 22.7 Å². The molecule has 0 bridgehead atoms. The van der Waals surface area contributed by atoms with Crippen LogP contribution >= 0.6 is 0 Å². The van der Waals surface area contributed by atoms with Crippen molar-refractivity contribution in [2.24, 2.45) is 21.5 Å². The molecule has 1 aliphatic rings. The summed E-state index contributed by atoms with van der Waals surface area (Å²) in [5.41, 5.74) is 10.4. The van der Waals surface area contributed by atoms with E-state index in [1.54, 1.807) is 13.8 Å². The summed E-state index contributed by atoms with van der Waals surface area (Å²) < 4.78 is 0. The molecule has 0 aliphatic carbocycles. The van der Waals surface area contributed by atoms with Crippen LogP contribution in [0.25, 0.3) is 0 Å². The molecule has 4 N–H and O–H groups in total. The molecule has 0 radical (unpaired) electrons. The SMILES string of the molecule is C#CCON1C(N)=NC(N)=NC1(C)C. The smallest absolute Gasteiger partial charge is 0.226 e. The number of rotatable bonds is 2. The standard InChI is InChI=1S/C8H13N5O/c1-4-5-14-13-7(10)11-6(9)12-8(13,2)3/h1H,5H2,2-3H3,(H4,9,10,11,12). The quantitative estimate of drug-likeness (QED) is 0.566. The lowest BCUT2D eigenvalue weighted by molar-refractivity contribution is -0.144. The number of nitrogens with two attached hydrogens (primary N) is 2. The van der Waals surface area contributed by atoms with Crippen LogP contribution in [0.4, 0.5) is 0 Å². The summed E-state index contributed by atoms with van der Waals surface area (Å²) in [6.07, 6.45) is 5.06. The van der Waals surface area contributed by atoms with E-state index in [0.29, 0.717) is 0 Å². The van der Waals surface area contributed by atoms with Crippen LogP contribution in [-0.2, 0) is 4.84 Å². The molecule has 0 atom stereocenters. The van der Waals surface area contributed by atoms with Gasteiger partial charge in [0.25, 0.3) is 0 Å². The Kier molecular flexibility index (Phi) is 2.63. The van der Waals surface area contributed by atoms with Gasteiger partial charge in [-0.3, -0.25) is 4.84 Å². The first-order valence-corrected chi connectivity index (χ1v) is 4.03. The summed E-state index contributed by atoms with van der Waals surface area (Å²) in [4.78, 5) is 13.0. The van der Waals surface area contributed by atoms with Crippen LogP contribution < -0.4 is 11.5 Å². The maximum Gasteiger partial charge on any atom is 0.226 e. The molecule has 76 valence electrons. The van der Waals surface area contributed by atoms with Crippen LogP contribution in [0, 0.1) is 12.3 Å². The van der Waals surface area contributed by atoms with Crippen molar-refractivity contribution in [2.45, 2.75) is 19.5 Å². The molecule has 0 unspecified atom stereocenters. The van der Waals surface area contributed by atoms with Gasteiger partial charge in [0.1, 0.15) is 6.61 Å². The van der Waals surface area contributed by atoms with Gasteiger partial charge in [-0.05, 0) is 13.8 Å². The van der Waals surface area contributed by atoms with Gasteiger partial charge in [-0.25, -0.2) is 4.99 Å². The van der Waals surface area contributed by atoms with E-state index in [9.17, 15) is 0 Å². The van der Waals surface area contributed by atoms with Crippen molar-refractivity contribution in [3.63, 3.8) is 0 Å². The summed E-state index contributed by atoms with van der Waals surface area (Å²) in [6.45, 7) is 3.69. The second-order valence-corrected chi connectivity index (χ2v) is 3.21. The fourth-order valence-corrected chi connectivity index (χ4v) is 1.12. The highest BCUT2D eigenvalue weighted by molar-refractivity contribution is 5.95. The zero-order valence-corrected chi connectivity index (χ0v) is 8.19. The highest BCUT2D eigenvalue weighted by Gasteiger charge is 2.32. The van der Waals surface area contributed by atoms with Gasteiger partial charge in [0.15, 0.2) is 5.66 Å². The van der Waals surface area contributed by atoms with E-state index >= 15 is 0 Å². The molecule has 1 aliphatic heterocycles. The van der Waals surface area contributed by atoms with Gasteiger partial charge in [-0.1, -0.05) is 5.92 Å². The third-order valence-corrected chi connectivity index (χ3v) is 1.60. The molecule has 14 heavy (non-hydrogen) atoms. The molecular formula is C8H13N5O. The summed E-state index contributed by atoms with van der Waals surface area (Å²) in [6, 6.07) is 0. The number of terminal acetylenes is 1. The number of nitrogens with zero attached hydrogens (tertiary/aromatic N) is 3. The van der Waals surface area contributed by atoms with Gasteiger partial charge >= 0.3 is 0 Å². The van der Waals surface area contributed by atoms with E-state index < -0.39 is 5.66 Å². The molecule has 0 spiro atoms. The molecule has 0 aromatic carbocycles. The first-order valence-electron chi connectivity index (χ1n) is 4.03. The Labute approximate surface area is 82.6 Å². The number of hydrogen-bond acceptors (Lipinski definition) is 6. The molecule has 1 heterocycles. The van der Waals surface area contributed by atoms with E-state index in [1.807, 2.05) is 0 Å². The molecule has 6 heteroatoms. The van der Waals surface area contributed by atoms with Gasteiger partial charge < -0.3 is 11.5 Å². The van der Waals surface area contributed by atoms with Crippen molar-refractivity contribution in [3.05, 3.63) is 0 Å². The number of hydrogen-bond donors (Lipinski definition) is 2. The molecule has 0 fully saturated rings. The van der Waals surface area contributed by atoms with Crippen LogP contribution in [0.1, 0.15) is 13.8 Å². The molecule has 0 saturated heterocycles. The number of hydroxylamine groups is 2. The summed E-state index contributed by atoms with van der Waals surface area (Å²) >= 11 is 0. The molecule has 6 nitrogen and oxygen atoms in total. The van der Waals surface area contributed by atoms with E-state index in [1.165, 1.54) is 5.06 Å². The predicted octanol–water partition coefficient (Wildman–Crippen LogP) is -0.768. The predicted molar refractivity (Wildman–Crippen MR) is 53.9 cm³/mol. The van der Waals surface area contributed by atoms with Crippen LogP contribution in [-0.4, -0.2) is 29.3 Å². The lowest BCUT2D eigenvalue weighted by Gasteiger charge is -2.36. The maximum absolute atomic E-state index is 5.61. The Balaban J connectivity index is 2.86. The largest absolute Gasteiger partial charge is 0.368 e. The minimum absolute atomic E-state index is 0.106. The van der Waals surface area contributed by atoms with Gasteiger partial charge in [0.2, 0.25) is 11.9 Å². The molecule has 1 rings (SSSR count). The van der Waals surface area contributed by atoms with Crippen LogP contribution in [0.5, 0.6) is 0 Å². The zero-order valence-electron chi connectivity index (χ0n) is 8.19. The third-order valence-electron chi connectivity index (χ3n) is 1.60. The van der Waals surface area contributed by atoms with Crippen molar-refractivity contribution >= 4 is 11.9 Å². The van der Waals surface area contributed by atoms with Crippen LogP contribution in [0.3, 0.4) is 0 Å². The summed E-state index contributed by atoms with van der Waals surface area (Å²) in [5.74, 6) is 2.61. The Morgan fingerprint density at radius 3 is 2.71 bits per heavy atom. The van der Waals surface area contributed by atoms with E-state index in [2.05, 4.69) is 15.9 Å². The minimum Gasteiger partial charge on any atom is -0.368 e. The molecular weight excluding hydrogens is 182 g/mol. The summed E-state index contributed by atoms with van der Waals surface area (Å²) in [7, 11) is 0. The Bertz CT molecular complexity index is 325. The number of aliphatic imine (C=N–C) groups is 2.